The second-order valence-electron chi connectivity index (χ2n) is 7.02. The Balaban J connectivity index is 1.38. The number of carbonyl (C=O) groups is 1. The molecule has 1 N–H and O–H groups in total. The number of fused-ring (bicyclic) bond motifs is 1. The van der Waals surface area contributed by atoms with E-state index < -0.39 is 0 Å². The molecule has 1 fully saturated rings. The van der Waals surface area contributed by atoms with Crippen LogP contribution in [0.15, 0.2) is 42.5 Å². The highest BCUT2D eigenvalue weighted by molar-refractivity contribution is 5.92. The van der Waals surface area contributed by atoms with Crippen LogP contribution < -0.4 is 14.8 Å². The molecule has 0 radical (unpaired) electrons. The predicted octanol–water partition coefficient (Wildman–Crippen LogP) is 3.59. The average molecular weight is 370 g/mol. The molecule has 0 unspecified atom stereocenters. The standard InChI is InChI=1S/C21H23FN2O3/c22-16-4-2-15(3-5-16)13-24(18-7-8-18)14-21(25)23-17-6-9-19-20(12-17)27-11-1-10-26-19/h2-6,9,12,18H,1,7-8,10-11,13-14H2,(H,23,25). The number of hydrogen-bond acceptors (Lipinski definition) is 4. The van der Waals surface area contributed by atoms with E-state index in [-0.39, 0.29) is 11.7 Å². The molecule has 0 bridgehead atoms. The maximum absolute atomic E-state index is 13.1. The molecule has 6 heteroatoms. The van der Waals surface area contributed by atoms with Gasteiger partial charge in [0.05, 0.1) is 19.8 Å². The summed E-state index contributed by atoms with van der Waals surface area (Å²) < 4.78 is 24.4. The van der Waals surface area contributed by atoms with Gasteiger partial charge in [-0.15, -0.1) is 0 Å². The first-order valence-corrected chi connectivity index (χ1v) is 9.35. The third-order valence-electron chi connectivity index (χ3n) is 4.74. The monoisotopic (exact) mass is 370 g/mol. The molecule has 0 saturated heterocycles. The quantitative estimate of drug-likeness (QED) is 0.844. The number of halogens is 1. The lowest BCUT2D eigenvalue weighted by Gasteiger charge is -2.21. The lowest BCUT2D eigenvalue weighted by molar-refractivity contribution is -0.117. The van der Waals surface area contributed by atoms with Gasteiger partial charge in [0.25, 0.3) is 0 Å². The number of ether oxygens (including phenoxy) is 2. The molecule has 0 aromatic heterocycles. The number of anilines is 1. The fraction of sp³-hybridized carbons (Fsp3) is 0.381. The fourth-order valence-corrected chi connectivity index (χ4v) is 3.20. The van der Waals surface area contributed by atoms with Gasteiger partial charge in [-0.25, -0.2) is 4.39 Å². The Morgan fingerprint density at radius 3 is 2.56 bits per heavy atom. The number of benzene rings is 2. The third kappa shape index (κ3) is 4.77. The molecule has 1 amide bonds. The van der Waals surface area contributed by atoms with E-state index in [1.54, 1.807) is 18.2 Å². The number of hydrogen-bond donors (Lipinski definition) is 1. The Hall–Kier alpha value is -2.60. The Labute approximate surface area is 158 Å². The molecular weight excluding hydrogens is 347 g/mol. The Bertz CT molecular complexity index is 806. The van der Waals surface area contributed by atoms with Gasteiger partial charge in [-0.3, -0.25) is 9.69 Å². The van der Waals surface area contributed by atoms with Crippen molar-refractivity contribution in [3.63, 3.8) is 0 Å². The van der Waals surface area contributed by atoms with Crippen LogP contribution >= 0.6 is 0 Å². The zero-order valence-electron chi connectivity index (χ0n) is 15.1. The topological polar surface area (TPSA) is 50.8 Å². The highest BCUT2D eigenvalue weighted by Gasteiger charge is 2.30. The molecule has 0 atom stereocenters. The van der Waals surface area contributed by atoms with Gasteiger partial charge in [0.1, 0.15) is 5.82 Å². The summed E-state index contributed by atoms with van der Waals surface area (Å²) in [4.78, 5) is 14.7. The summed E-state index contributed by atoms with van der Waals surface area (Å²) >= 11 is 0. The Morgan fingerprint density at radius 2 is 1.81 bits per heavy atom. The van der Waals surface area contributed by atoms with Crippen molar-refractivity contribution in [1.82, 2.24) is 4.90 Å². The Morgan fingerprint density at radius 1 is 1.07 bits per heavy atom. The molecule has 1 saturated carbocycles. The summed E-state index contributed by atoms with van der Waals surface area (Å²) in [5, 5.41) is 2.94. The minimum Gasteiger partial charge on any atom is -0.490 e. The molecule has 142 valence electrons. The predicted molar refractivity (Wildman–Crippen MR) is 101 cm³/mol. The number of nitrogens with zero attached hydrogens (tertiary/aromatic N) is 1. The van der Waals surface area contributed by atoms with Crippen molar-refractivity contribution < 1.29 is 18.7 Å². The first kappa shape index (κ1) is 17.8. The molecule has 2 aliphatic rings. The van der Waals surface area contributed by atoms with Crippen LogP contribution in [0, 0.1) is 5.82 Å². The number of amides is 1. The van der Waals surface area contributed by atoms with Crippen molar-refractivity contribution in [2.75, 3.05) is 25.1 Å². The van der Waals surface area contributed by atoms with Crippen molar-refractivity contribution in [2.45, 2.75) is 31.8 Å². The summed E-state index contributed by atoms with van der Waals surface area (Å²) in [6.45, 7) is 2.19. The van der Waals surface area contributed by atoms with E-state index in [0.29, 0.717) is 49.5 Å². The minimum atomic E-state index is -0.246. The van der Waals surface area contributed by atoms with E-state index in [0.717, 1.165) is 24.8 Å². The number of rotatable bonds is 6. The van der Waals surface area contributed by atoms with Gasteiger partial charge >= 0.3 is 0 Å². The first-order valence-electron chi connectivity index (χ1n) is 9.35. The van der Waals surface area contributed by atoms with Gasteiger partial charge in [-0.1, -0.05) is 12.1 Å². The minimum absolute atomic E-state index is 0.0708. The van der Waals surface area contributed by atoms with E-state index in [1.807, 2.05) is 12.1 Å². The third-order valence-corrected chi connectivity index (χ3v) is 4.74. The summed E-state index contributed by atoms with van der Waals surface area (Å²) in [5.74, 6) is 1.06. The Kier molecular flexibility index (Phi) is 5.25. The maximum Gasteiger partial charge on any atom is 0.238 e. The highest BCUT2D eigenvalue weighted by Crippen LogP contribution is 2.32. The van der Waals surface area contributed by atoms with Gasteiger partial charge in [0.2, 0.25) is 5.91 Å². The zero-order valence-corrected chi connectivity index (χ0v) is 15.1. The van der Waals surface area contributed by atoms with E-state index in [1.165, 1.54) is 12.1 Å². The van der Waals surface area contributed by atoms with Crippen LogP contribution in [0.1, 0.15) is 24.8 Å². The molecule has 1 heterocycles. The summed E-state index contributed by atoms with van der Waals surface area (Å²) in [6, 6.07) is 12.3. The van der Waals surface area contributed by atoms with Crippen molar-refractivity contribution in [1.29, 1.82) is 0 Å². The molecule has 2 aromatic carbocycles. The molecule has 1 aliphatic carbocycles. The lowest BCUT2D eigenvalue weighted by Crippen LogP contribution is -2.34. The van der Waals surface area contributed by atoms with E-state index in [2.05, 4.69) is 10.2 Å². The summed E-state index contributed by atoms with van der Waals surface area (Å²) in [6.07, 6.45) is 3.03. The normalized spacial score (nSPS) is 16.1. The molecule has 0 spiro atoms. The van der Waals surface area contributed by atoms with E-state index in [4.69, 9.17) is 9.47 Å². The highest BCUT2D eigenvalue weighted by atomic mass is 19.1. The van der Waals surface area contributed by atoms with Crippen LogP contribution in [0.4, 0.5) is 10.1 Å². The lowest BCUT2D eigenvalue weighted by atomic mass is 10.2. The molecular formula is C21H23FN2O3. The van der Waals surface area contributed by atoms with Gasteiger partial charge in [-0.05, 0) is 42.7 Å². The van der Waals surface area contributed by atoms with Gasteiger partial charge < -0.3 is 14.8 Å². The smallest absolute Gasteiger partial charge is 0.238 e. The second-order valence-corrected chi connectivity index (χ2v) is 7.02. The van der Waals surface area contributed by atoms with Gasteiger partial charge in [0, 0.05) is 30.8 Å². The van der Waals surface area contributed by atoms with E-state index in [9.17, 15) is 9.18 Å². The van der Waals surface area contributed by atoms with Gasteiger partial charge in [0.15, 0.2) is 11.5 Å². The van der Waals surface area contributed by atoms with Crippen molar-refractivity contribution in [3.05, 3.63) is 53.8 Å². The zero-order chi connectivity index (χ0) is 18.6. The van der Waals surface area contributed by atoms with Crippen LogP contribution in [0.25, 0.3) is 0 Å². The number of carbonyl (C=O) groups excluding carboxylic acids is 1. The van der Waals surface area contributed by atoms with Crippen LogP contribution in [0.5, 0.6) is 11.5 Å². The van der Waals surface area contributed by atoms with Crippen molar-refractivity contribution >= 4 is 11.6 Å². The summed E-state index contributed by atoms with van der Waals surface area (Å²) in [5.41, 5.74) is 1.70. The summed E-state index contributed by atoms with van der Waals surface area (Å²) in [7, 11) is 0. The van der Waals surface area contributed by atoms with Gasteiger partial charge in [-0.2, -0.15) is 0 Å². The number of nitrogens with one attached hydrogen (secondary N) is 1. The fourth-order valence-electron chi connectivity index (χ4n) is 3.20. The molecule has 2 aromatic rings. The van der Waals surface area contributed by atoms with Crippen LogP contribution in [0.2, 0.25) is 0 Å². The average Bonchev–Trinajstić information content (AvgIpc) is 3.50. The first-order chi connectivity index (χ1) is 13.2. The van der Waals surface area contributed by atoms with E-state index >= 15 is 0 Å². The molecule has 5 nitrogen and oxygen atoms in total. The van der Waals surface area contributed by atoms with Crippen molar-refractivity contribution in [3.8, 4) is 11.5 Å². The second kappa shape index (κ2) is 7.96. The molecule has 1 aliphatic heterocycles. The van der Waals surface area contributed by atoms with Crippen LogP contribution in [0.3, 0.4) is 0 Å². The van der Waals surface area contributed by atoms with Crippen LogP contribution in [-0.4, -0.2) is 36.6 Å². The molecule has 27 heavy (non-hydrogen) atoms. The molecule has 4 rings (SSSR count). The van der Waals surface area contributed by atoms with Crippen LogP contribution in [-0.2, 0) is 11.3 Å². The maximum atomic E-state index is 13.1. The SMILES string of the molecule is O=C(CN(Cc1ccc(F)cc1)C1CC1)Nc1ccc2c(c1)OCCCO2. The van der Waals surface area contributed by atoms with Crippen molar-refractivity contribution in [2.24, 2.45) is 0 Å². The largest absolute Gasteiger partial charge is 0.490 e.